The third kappa shape index (κ3) is 3.90. The molecule has 5 rings (SSSR count). The highest BCUT2D eigenvalue weighted by Gasteiger charge is 2.22. The third-order valence-corrected chi connectivity index (χ3v) is 5.27. The molecule has 5 heterocycles. The van der Waals surface area contributed by atoms with Crippen molar-refractivity contribution in [2.75, 3.05) is 12.3 Å². The number of aromatic nitrogens is 6. The van der Waals surface area contributed by atoms with Crippen LogP contribution in [0.3, 0.4) is 0 Å². The highest BCUT2D eigenvalue weighted by molar-refractivity contribution is 5.97. The van der Waals surface area contributed by atoms with Gasteiger partial charge in [-0.1, -0.05) is 6.07 Å². The Morgan fingerprint density at radius 2 is 2.03 bits per heavy atom. The van der Waals surface area contributed by atoms with E-state index in [2.05, 4.69) is 25.3 Å². The van der Waals surface area contributed by atoms with E-state index in [1.165, 1.54) is 23.1 Å². The summed E-state index contributed by atoms with van der Waals surface area (Å²) >= 11 is 0. The Morgan fingerprint density at radius 3 is 2.82 bits per heavy atom. The molecule has 0 radical (unpaired) electrons. The number of imidazole rings is 1. The lowest BCUT2D eigenvalue weighted by Gasteiger charge is -2.12. The maximum absolute atomic E-state index is 12.9. The Labute approximate surface area is 192 Å². The summed E-state index contributed by atoms with van der Waals surface area (Å²) in [5.41, 5.74) is 9.01. The first kappa shape index (κ1) is 21.1. The van der Waals surface area contributed by atoms with E-state index >= 15 is 0 Å². The topological polar surface area (TPSA) is 146 Å². The first-order valence-electron chi connectivity index (χ1n) is 10.5. The van der Waals surface area contributed by atoms with Gasteiger partial charge in [-0.25, -0.2) is 19.9 Å². The van der Waals surface area contributed by atoms with Crippen molar-refractivity contribution in [3.05, 3.63) is 83.1 Å². The normalized spacial score (nSPS) is 11.1. The second kappa shape index (κ2) is 8.62. The maximum atomic E-state index is 12.9. The van der Waals surface area contributed by atoms with E-state index in [1.807, 2.05) is 29.7 Å². The summed E-state index contributed by atoms with van der Waals surface area (Å²) in [5, 5.41) is 2.75. The van der Waals surface area contributed by atoms with Crippen LogP contribution in [0.4, 0.5) is 5.82 Å². The van der Waals surface area contributed by atoms with Crippen molar-refractivity contribution in [1.29, 1.82) is 0 Å². The van der Waals surface area contributed by atoms with Gasteiger partial charge in [0.2, 0.25) is 5.89 Å². The number of nitrogens with one attached hydrogen (secondary N) is 1. The Balaban J connectivity index is 1.51. The zero-order valence-corrected chi connectivity index (χ0v) is 18.2. The molecule has 0 fully saturated rings. The van der Waals surface area contributed by atoms with Crippen molar-refractivity contribution in [3.8, 4) is 22.8 Å². The fourth-order valence-electron chi connectivity index (χ4n) is 3.57. The number of oxazole rings is 1. The minimum Gasteiger partial charge on any atom is -0.443 e. The lowest BCUT2D eigenvalue weighted by atomic mass is 10.1. The first-order valence-corrected chi connectivity index (χ1v) is 10.5. The highest BCUT2D eigenvalue weighted by Crippen LogP contribution is 2.30. The predicted molar refractivity (Wildman–Crippen MR) is 124 cm³/mol. The minimum absolute atomic E-state index is 0.0341. The molecule has 0 aliphatic carbocycles. The molecular formula is C23H20N8O3. The predicted octanol–water partition coefficient (Wildman–Crippen LogP) is 1.93. The van der Waals surface area contributed by atoms with Crippen molar-refractivity contribution >= 4 is 17.4 Å². The highest BCUT2D eigenvalue weighted by atomic mass is 16.3. The molecule has 170 valence electrons. The molecule has 0 saturated carbocycles. The van der Waals surface area contributed by atoms with Crippen LogP contribution in [0.1, 0.15) is 16.2 Å². The van der Waals surface area contributed by atoms with Gasteiger partial charge in [0.1, 0.15) is 17.6 Å². The van der Waals surface area contributed by atoms with Gasteiger partial charge >= 0.3 is 0 Å². The number of nitrogens with two attached hydrogens (primary N) is 1. The number of hydrogen-bond donors (Lipinski definition) is 2. The summed E-state index contributed by atoms with van der Waals surface area (Å²) in [4.78, 5) is 42.2. The summed E-state index contributed by atoms with van der Waals surface area (Å²) in [6.45, 7) is 2.45. The fraction of sp³-hybridized carbons (Fsp3) is 0.130. The third-order valence-electron chi connectivity index (χ3n) is 5.27. The minimum atomic E-state index is -0.505. The number of fused-ring (bicyclic) bond motifs is 1. The van der Waals surface area contributed by atoms with Gasteiger partial charge in [-0.3, -0.25) is 9.59 Å². The van der Waals surface area contributed by atoms with Gasteiger partial charge in [-0.05, 0) is 25.1 Å². The Hall–Kier alpha value is -4.80. The number of carbonyl (C=O) groups excluding carboxylic acids is 1. The molecule has 34 heavy (non-hydrogen) atoms. The number of hydrogen-bond acceptors (Lipinski definition) is 8. The number of aryl methyl sites for hydroxylation is 1. The van der Waals surface area contributed by atoms with Gasteiger partial charge in [-0.15, -0.1) is 0 Å². The molecule has 0 aliphatic heterocycles. The van der Waals surface area contributed by atoms with E-state index in [0.717, 1.165) is 11.3 Å². The molecule has 0 spiro atoms. The van der Waals surface area contributed by atoms with Gasteiger partial charge in [0.25, 0.3) is 11.5 Å². The van der Waals surface area contributed by atoms with Crippen LogP contribution >= 0.6 is 0 Å². The van der Waals surface area contributed by atoms with E-state index in [1.54, 1.807) is 24.5 Å². The van der Waals surface area contributed by atoms with Crippen molar-refractivity contribution < 1.29 is 9.21 Å². The molecule has 5 aromatic heterocycles. The molecule has 0 aliphatic rings. The molecule has 5 aromatic rings. The summed E-state index contributed by atoms with van der Waals surface area (Å²) in [5.74, 6) is -0.340. The molecule has 0 saturated heterocycles. The van der Waals surface area contributed by atoms with E-state index in [-0.39, 0.29) is 29.5 Å². The number of pyridine rings is 2. The van der Waals surface area contributed by atoms with Crippen LogP contribution in [-0.2, 0) is 6.54 Å². The summed E-state index contributed by atoms with van der Waals surface area (Å²) in [7, 11) is 0. The van der Waals surface area contributed by atoms with Gasteiger partial charge < -0.3 is 24.4 Å². The molecule has 0 aromatic carbocycles. The second-order valence-corrected chi connectivity index (χ2v) is 7.53. The van der Waals surface area contributed by atoms with E-state index in [9.17, 15) is 9.59 Å². The smallest absolute Gasteiger partial charge is 0.273 e. The molecule has 3 N–H and O–H groups in total. The summed E-state index contributed by atoms with van der Waals surface area (Å²) in [6.07, 6.45) is 8.19. The fourth-order valence-corrected chi connectivity index (χ4v) is 3.57. The maximum Gasteiger partial charge on any atom is 0.273 e. The van der Waals surface area contributed by atoms with Crippen molar-refractivity contribution in [2.24, 2.45) is 0 Å². The van der Waals surface area contributed by atoms with Gasteiger partial charge in [0.15, 0.2) is 17.2 Å². The van der Waals surface area contributed by atoms with E-state index < -0.39 is 5.91 Å². The zero-order chi connectivity index (χ0) is 23.7. The van der Waals surface area contributed by atoms with Gasteiger partial charge in [0, 0.05) is 49.0 Å². The lowest BCUT2D eigenvalue weighted by molar-refractivity contribution is 0.0948. The van der Waals surface area contributed by atoms with Crippen LogP contribution in [-0.4, -0.2) is 41.4 Å². The SMILES string of the molecule is Cc1cnc2ccc(-c3nc(C(=O)NCCn4ccccc4=O)c(N)nc3-c3ncco3)cn12. The van der Waals surface area contributed by atoms with Gasteiger partial charge in [0.05, 0.1) is 6.20 Å². The first-order chi connectivity index (χ1) is 16.5. The summed E-state index contributed by atoms with van der Waals surface area (Å²) < 4.78 is 8.84. The molecular weight excluding hydrogens is 436 g/mol. The summed E-state index contributed by atoms with van der Waals surface area (Å²) in [6, 6.07) is 8.54. The zero-order valence-electron chi connectivity index (χ0n) is 18.2. The van der Waals surface area contributed by atoms with Crippen molar-refractivity contribution in [2.45, 2.75) is 13.5 Å². The molecule has 0 unspecified atom stereocenters. The van der Waals surface area contributed by atoms with E-state index in [0.29, 0.717) is 23.5 Å². The number of nitrogen functional groups attached to an aromatic ring is 1. The molecule has 11 heteroatoms. The largest absolute Gasteiger partial charge is 0.443 e. The number of amides is 1. The average molecular weight is 456 g/mol. The molecule has 1 amide bonds. The standard InChI is InChI=1S/C23H20N8O3/c1-14-12-27-16-6-5-15(13-31(14)16)18-19(23-26-8-11-34-23)29-21(24)20(28-18)22(33)25-7-10-30-9-3-2-4-17(30)32/h2-6,8-9,11-13H,7,10H2,1H3,(H2,24,29)(H,25,33). The van der Waals surface area contributed by atoms with E-state index in [4.69, 9.17) is 10.2 Å². The van der Waals surface area contributed by atoms with Crippen LogP contribution in [0.25, 0.3) is 28.5 Å². The van der Waals surface area contributed by atoms with Gasteiger partial charge in [-0.2, -0.15) is 0 Å². The van der Waals surface area contributed by atoms with Crippen LogP contribution in [0, 0.1) is 6.92 Å². The molecule has 0 atom stereocenters. The monoisotopic (exact) mass is 456 g/mol. The number of nitrogens with zero attached hydrogens (tertiary/aromatic N) is 6. The van der Waals surface area contributed by atoms with Crippen LogP contribution < -0.4 is 16.6 Å². The Bertz CT molecular complexity index is 1550. The molecule has 11 nitrogen and oxygen atoms in total. The number of carbonyl (C=O) groups is 1. The van der Waals surface area contributed by atoms with Crippen LogP contribution in [0.2, 0.25) is 0 Å². The Kier molecular flexibility index (Phi) is 5.34. The Morgan fingerprint density at radius 1 is 1.15 bits per heavy atom. The van der Waals surface area contributed by atoms with Crippen molar-refractivity contribution in [1.82, 2.24) is 34.2 Å². The van der Waals surface area contributed by atoms with Crippen LogP contribution in [0.5, 0.6) is 0 Å². The molecule has 0 bridgehead atoms. The quantitative estimate of drug-likeness (QED) is 0.394. The number of anilines is 1. The second-order valence-electron chi connectivity index (χ2n) is 7.53. The average Bonchev–Trinajstić information content (AvgIpc) is 3.50. The van der Waals surface area contributed by atoms with Crippen LogP contribution in [0.15, 0.2) is 70.6 Å². The van der Waals surface area contributed by atoms with Crippen molar-refractivity contribution in [3.63, 3.8) is 0 Å². The number of rotatable bonds is 6. The lowest BCUT2D eigenvalue weighted by Crippen LogP contribution is -2.31.